The summed E-state index contributed by atoms with van der Waals surface area (Å²) in [6, 6.07) is 6.20. The largest absolute Gasteiger partial charge is 0.345 e. The van der Waals surface area contributed by atoms with Gasteiger partial charge in [0.05, 0.1) is 23.1 Å². The van der Waals surface area contributed by atoms with E-state index in [4.69, 9.17) is 0 Å². The molecule has 3 rings (SSSR count). The predicted molar refractivity (Wildman–Crippen MR) is 74.8 cm³/mol. The molecule has 4 nitrogen and oxygen atoms in total. The van der Waals surface area contributed by atoms with Crippen LogP contribution in [0.4, 0.5) is 0 Å². The maximum Gasteiger partial charge on any atom is 0.123 e. The zero-order valence-corrected chi connectivity index (χ0v) is 10.9. The van der Waals surface area contributed by atoms with Crippen molar-refractivity contribution >= 4 is 22.4 Å². The van der Waals surface area contributed by atoms with Gasteiger partial charge in [-0.2, -0.15) is 0 Å². The van der Waals surface area contributed by atoms with Crippen molar-refractivity contribution in [3.63, 3.8) is 0 Å². The second-order valence-corrected chi connectivity index (χ2v) is 4.99. The Kier molecular flexibility index (Phi) is 3.08. The van der Waals surface area contributed by atoms with E-state index < -0.39 is 0 Å². The Balaban J connectivity index is 1.90. The van der Waals surface area contributed by atoms with Crippen LogP contribution in [0.25, 0.3) is 21.6 Å². The quantitative estimate of drug-likeness (QED) is 0.755. The molecule has 0 amide bonds. The van der Waals surface area contributed by atoms with Crippen LogP contribution in [0, 0.1) is 0 Å². The SMILES string of the molecule is CNCCc1csc(-c2ccc3nc[nH]c3c2)n1. The summed E-state index contributed by atoms with van der Waals surface area (Å²) in [5, 5.41) is 6.33. The maximum atomic E-state index is 4.65. The van der Waals surface area contributed by atoms with Gasteiger partial charge in [-0.15, -0.1) is 11.3 Å². The van der Waals surface area contributed by atoms with Gasteiger partial charge in [-0.1, -0.05) is 0 Å². The molecule has 0 radical (unpaired) electrons. The van der Waals surface area contributed by atoms with Crippen LogP contribution in [-0.2, 0) is 6.42 Å². The van der Waals surface area contributed by atoms with Crippen LogP contribution < -0.4 is 5.32 Å². The zero-order valence-electron chi connectivity index (χ0n) is 10.1. The van der Waals surface area contributed by atoms with Gasteiger partial charge < -0.3 is 10.3 Å². The molecule has 0 unspecified atom stereocenters. The molecule has 0 spiro atoms. The molecule has 0 saturated heterocycles. The Hall–Kier alpha value is -1.72. The number of aromatic amines is 1. The van der Waals surface area contributed by atoms with Crippen molar-refractivity contribution in [3.8, 4) is 10.6 Å². The highest BCUT2D eigenvalue weighted by atomic mass is 32.1. The van der Waals surface area contributed by atoms with Gasteiger partial charge in [-0.3, -0.25) is 0 Å². The summed E-state index contributed by atoms with van der Waals surface area (Å²) >= 11 is 1.69. The normalized spacial score (nSPS) is 11.2. The maximum absolute atomic E-state index is 4.65. The van der Waals surface area contributed by atoms with E-state index in [1.807, 2.05) is 13.1 Å². The first-order valence-corrected chi connectivity index (χ1v) is 6.77. The number of thiazole rings is 1. The minimum Gasteiger partial charge on any atom is -0.345 e. The smallest absolute Gasteiger partial charge is 0.123 e. The molecule has 18 heavy (non-hydrogen) atoms. The molecule has 0 saturated carbocycles. The number of aromatic nitrogens is 3. The monoisotopic (exact) mass is 258 g/mol. The molecule has 0 aliphatic rings. The number of imidazole rings is 1. The first-order chi connectivity index (χ1) is 8.86. The molecule has 1 aromatic carbocycles. The minimum absolute atomic E-state index is 0.961. The van der Waals surface area contributed by atoms with E-state index in [0.717, 1.165) is 40.3 Å². The molecule has 5 heteroatoms. The lowest BCUT2D eigenvalue weighted by Crippen LogP contribution is -2.10. The lowest BCUT2D eigenvalue weighted by molar-refractivity contribution is 0.780. The number of H-pyrrole nitrogens is 1. The van der Waals surface area contributed by atoms with E-state index in [1.54, 1.807) is 17.7 Å². The number of nitrogens with zero attached hydrogens (tertiary/aromatic N) is 2. The van der Waals surface area contributed by atoms with Crippen molar-refractivity contribution < 1.29 is 0 Å². The second kappa shape index (κ2) is 4.88. The molecule has 0 aliphatic carbocycles. The first-order valence-electron chi connectivity index (χ1n) is 5.89. The van der Waals surface area contributed by atoms with Crippen molar-refractivity contribution in [1.29, 1.82) is 0 Å². The van der Waals surface area contributed by atoms with Crippen molar-refractivity contribution in [2.45, 2.75) is 6.42 Å². The van der Waals surface area contributed by atoms with Crippen LogP contribution >= 0.6 is 11.3 Å². The highest BCUT2D eigenvalue weighted by Gasteiger charge is 2.06. The van der Waals surface area contributed by atoms with E-state index in [9.17, 15) is 0 Å². The molecule has 0 atom stereocenters. The number of nitrogens with one attached hydrogen (secondary N) is 2. The van der Waals surface area contributed by atoms with Gasteiger partial charge in [0.25, 0.3) is 0 Å². The third-order valence-corrected chi connectivity index (χ3v) is 3.79. The molecule has 2 aromatic heterocycles. The molecular formula is C13H14N4S. The number of likely N-dealkylation sites (N-methyl/N-ethyl adjacent to an activating group) is 1. The van der Waals surface area contributed by atoms with Gasteiger partial charge in [0, 0.05) is 23.9 Å². The average Bonchev–Trinajstić information content (AvgIpc) is 3.04. The molecule has 0 aliphatic heterocycles. The van der Waals surface area contributed by atoms with Crippen LogP contribution in [0.15, 0.2) is 29.9 Å². The molecule has 2 N–H and O–H groups in total. The Labute approximate surface area is 109 Å². The molecule has 3 aromatic rings. The zero-order chi connectivity index (χ0) is 12.4. The Morgan fingerprint density at radius 1 is 1.39 bits per heavy atom. The summed E-state index contributed by atoms with van der Waals surface area (Å²) in [6.45, 7) is 0.961. The second-order valence-electron chi connectivity index (χ2n) is 4.13. The number of hydrogen-bond donors (Lipinski definition) is 2. The van der Waals surface area contributed by atoms with Crippen molar-refractivity contribution in [2.75, 3.05) is 13.6 Å². The molecule has 2 heterocycles. The van der Waals surface area contributed by atoms with Gasteiger partial charge in [0.2, 0.25) is 0 Å². The Morgan fingerprint density at radius 2 is 2.33 bits per heavy atom. The fourth-order valence-electron chi connectivity index (χ4n) is 1.88. The third kappa shape index (κ3) is 2.14. The number of rotatable bonds is 4. The van der Waals surface area contributed by atoms with E-state index in [2.05, 4.69) is 37.8 Å². The third-order valence-electron chi connectivity index (χ3n) is 2.85. The van der Waals surface area contributed by atoms with E-state index in [-0.39, 0.29) is 0 Å². The summed E-state index contributed by atoms with van der Waals surface area (Å²) in [6.07, 6.45) is 2.69. The van der Waals surface area contributed by atoms with Gasteiger partial charge >= 0.3 is 0 Å². The van der Waals surface area contributed by atoms with Gasteiger partial charge in [-0.25, -0.2) is 9.97 Å². The summed E-state index contributed by atoms with van der Waals surface area (Å²) in [4.78, 5) is 12.0. The topological polar surface area (TPSA) is 53.6 Å². The van der Waals surface area contributed by atoms with Crippen LogP contribution in [0.3, 0.4) is 0 Å². The summed E-state index contributed by atoms with van der Waals surface area (Å²) in [5.41, 5.74) is 4.34. The van der Waals surface area contributed by atoms with Crippen LogP contribution in [0.2, 0.25) is 0 Å². The molecule has 0 bridgehead atoms. The highest BCUT2D eigenvalue weighted by Crippen LogP contribution is 2.26. The number of hydrogen-bond acceptors (Lipinski definition) is 4. The molecular weight excluding hydrogens is 244 g/mol. The van der Waals surface area contributed by atoms with Crippen LogP contribution in [-0.4, -0.2) is 28.5 Å². The van der Waals surface area contributed by atoms with Gasteiger partial charge in [0.1, 0.15) is 5.01 Å². The van der Waals surface area contributed by atoms with Crippen LogP contribution in [0.1, 0.15) is 5.69 Å². The van der Waals surface area contributed by atoms with Gasteiger partial charge in [-0.05, 0) is 25.2 Å². The van der Waals surface area contributed by atoms with Gasteiger partial charge in [0.15, 0.2) is 0 Å². The summed E-state index contributed by atoms with van der Waals surface area (Å²) in [5.74, 6) is 0. The Morgan fingerprint density at radius 3 is 3.22 bits per heavy atom. The highest BCUT2D eigenvalue weighted by molar-refractivity contribution is 7.13. The van der Waals surface area contributed by atoms with Crippen molar-refractivity contribution in [2.24, 2.45) is 0 Å². The van der Waals surface area contributed by atoms with E-state index >= 15 is 0 Å². The average molecular weight is 258 g/mol. The van der Waals surface area contributed by atoms with Crippen LogP contribution in [0.5, 0.6) is 0 Å². The van der Waals surface area contributed by atoms with Crippen molar-refractivity contribution in [3.05, 3.63) is 35.6 Å². The van der Waals surface area contributed by atoms with Crippen molar-refractivity contribution in [1.82, 2.24) is 20.3 Å². The molecule has 92 valence electrons. The van der Waals surface area contributed by atoms with E-state index in [1.165, 1.54) is 0 Å². The summed E-state index contributed by atoms with van der Waals surface area (Å²) in [7, 11) is 1.96. The molecule has 0 fully saturated rings. The first kappa shape index (κ1) is 11.4. The minimum atomic E-state index is 0.961. The number of benzene rings is 1. The summed E-state index contributed by atoms with van der Waals surface area (Å²) < 4.78 is 0. The lowest BCUT2D eigenvalue weighted by atomic mass is 10.2. The fraction of sp³-hybridized carbons (Fsp3) is 0.231. The fourth-order valence-corrected chi connectivity index (χ4v) is 2.73. The number of fused-ring (bicyclic) bond motifs is 1. The standard InChI is InChI=1S/C13H14N4S/c1-14-5-4-10-7-18-13(17-10)9-2-3-11-12(6-9)16-8-15-11/h2-3,6-8,14H,4-5H2,1H3,(H,15,16). The lowest BCUT2D eigenvalue weighted by Gasteiger charge is -1.97. The Bertz CT molecular complexity index is 656. The predicted octanol–water partition coefficient (Wildman–Crippen LogP) is 2.45. The van der Waals surface area contributed by atoms with E-state index in [0.29, 0.717) is 0 Å².